The molecule has 0 bridgehead atoms. The Hall–Kier alpha value is -1.71. The van der Waals surface area contributed by atoms with E-state index in [0.717, 1.165) is 24.3 Å². The van der Waals surface area contributed by atoms with Crippen molar-refractivity contribution in [3.05, 3.63) is 18.2 Å². The number of nitrogens with one attached hydrogen (secondary N) is 2. The lowest BCUT2D eigenvalue weighted by molar-refractivity contribution is -0.115. The number of rotatable bonds is 6. The molecule has 1 rings (SSSR count). The summed E-state index contributed by atoms with van der Waals surface area (Å²) in [6.07, 6.45) is 1.57. The molecule has 100 valence electrons. The Balaban J connectivity index is 2.59. The van der Waals surface area contributed by atoms with Gasteiger partial charge in [-0.2, -0.15) is 0 Å². The maximum absolute atomic E-state index is 11.3. The van der Waals surface area contributed by atoms with Crippen LogP contribution in [-0.4, -0.2) is 12.5 Å². The highest BCUT2D eigenvalue weighted by Crippen LogP contribution is 2.23. The van der Waals surface area contributed by atoms with Gasteiger partial charge in [0.25, 0.3) is 0 Å². The summed E-state index contributed by atoms with van der Waals surface area (Å²) in [7, 11) is 0. The van der Waals surface area contributed by atoms with Gasteiger partial charge in [0.05, 0.1) is 11.4 Å². The Bertz CT molecular complexity index is 402. The minimum atomic E-state index is -0.00471. The van der Waals surface area contributed by atoms with Crippen molar-refractivity contribution in [3.8, 4) is 0 Å². The van der Waals surface area contributed by atoms with Crippen LogP contribution < -0.4 is 16.4 Å². The summed E-state index contributed by atoms with van der Waals surface area (Å²) >= 11 is 0. The lowest BCUT2D eigenvalue weighted by Crippen LogP contribution is -2.11. The van der Waals surface area contributed by atoms with Crippen LogP contribution in [0.4, 0.5) is 17.1 Å². The van der Waals surface area contributed by atoms with Gasteiger partial charge in [0, 0.05) is 18.7 Å². The predicted molar refractivity (Wildman–Crippen MR) is 77.7 cm³/mol. The molecule has 0 aliphatic heterocycles. The number of carbonyl (C=O) groups excluding carboxylic acids is 1. The second-order valence-electron chi connectivity index (χ2n) is 4.81. The lowest BCUT2D eigenvalue weighted by Gasteiger charge is -2.12. The van der Waals surface area contributed by atoms with Crippen molar-refractivity contribution in [1.82, 2.24) is 0 Å². The molecular formula is C14H23N3O. The molecule has 0 heterocycles. The molecule has 4 N–H and O–H groups in total. The molecule has 1 aromatic carbocycles. The summed E-state index contributed by atoms with van der Waals surface area (Å²) in [4.78, 5) is 11.3. The molecule has 0 saturated heterocycles. The third kappa shape index (κ3) is 4.65. The Morgan fingerprint density at radius 3 is 2.67 bits per heavy atom. The van der Waals surface area contributed by atoms with E-state index in [1.807, 2.05) is 19.1 Å². The average molecular weight is 249 g/mol. The Kier molecular flexibility index (Phi) is 5.49. The zero-order valence-electron chi connectivity index (χ0n) is 11.4. The Morgan fingerprint density at radius 1 is 1.39 bits per heavy atom. The van der Waals surface area contributed by atoms with E-state index in [4.69, 9.17) is 5.73 Å². The van der Waals surface area contributed by atoms with Gasteiger partial charge in [-0.3, -0.25) is 4.79 Å². The standard InChI is InChI=1S/C14H23N3O/c1-4-14(18)17-11-5-6-13(12(15)9-11)16-8-7-10(2)3/h5-6,9-10,16H,4,7-8,15H2,1-3H3,(H,17,18). The zero-order chi connectivity index (χ0) is 13.5. The van der Waals surface area contributed by atoms with Gasteiger partial charge in [-0.25, -0.2) is 0 Å². The predicted octanol–water partition coefficient (Wildman–Crippen LogP) is 3.08. The van der Waals surface area contributed by atoms with Crippen molar-refractivity contribution in [2.45, 2.75) is 33.6 Å². The molecular weight excluding hydrogens is 226 g/mol. The smallest absolute Gasteiger partial charge is 0.224 e. The first-order valence-electron chi connectivity index (χ1n) is 6.46. The summed E-state index contributed by atoms with van der Waals surface area (Å²) in [5.41, 5.74) is 8.27. The van der Waals surface area contributed by atoms with E-state index in [0.29, 0.717) is 18.0 Å². The number of amides is 1. The molecule has 18 heavy (non-hydrogen) atoms. The van der Waals surface area contributed by atoms with E-state index in [9.17, 15) is 4.79 Å². The molecule has 0 saturated carbocycles. The van der Waals surface area contributed by atoms with E-state index in [1.54, 1.807) is 6.07 Å². The topological polar surface area (TPSA) is 67.2 Å². The number of anilines is 3. The Labute approximate surface area is 109 Å². The molecule has 4 heteroatoms. The van der Waals surface area contributed by atoms with Crippen LogP contribution in [0.3, 0.4) is 0 Å². The van der Waals surface area contributed by atoms with Gasteiger partial charge in [0.2, 0.25) is 5.91 Å². The van der Waals surface area contributed by atoms with Crippen LogP contribution in [0, 0.1) is 5.92 Å². The average Bonchev–Trinajstić information content (AvgIpc) is 2.31. The van der Waals surface area contributed by atoms with Crippen molar-refractivity contribution >= 4 is 23.0 Å². The minimum absolute atomic E-state index is 0.00471. The van der Waals surface area contributed by atoms with E-state index < -0.39 is 0 Å². The number of nitrogen functional groups attached to an aromatic ring is 1. The van der Waals surface area contributed by atoms with Crippen molar-refractivity contribution in [2.24, 2.45) is 5.92 Å². The fourth-order valence-electron chi connectivity index (χ4n) is 1.55. The summed E-state index contributed by atoms with van der Waals surface area (Å²) < 4.78 is 0. The first kappa shape index (κ1) is 14.4. The zero-order valence-corrected chi connectivity index (χ0v) is 11.4. The number of nitrogens with two attached hydrogens (primary N) is 1. The third-order valence-corrected chi connectivity index (χ3v) is 2.69. The van der Waals surface area contributed by atoms with Crippen LogP contribution in [0.2, 0.25) is 0 Å². The lowest BCUT2D eigenvalue weighted by atomic mass is 10.1. The highest BCUT2D eigenvalue weighted by molar-refractivity contribution is 5.91. The van der Waals surface area contributed by atoms with Gasteiger partial charge in [0.1, 0.15) is 0 Å². The van der Waals surface area contributed by atoms with Crippen LogP contribution in [-0.2, 0) is 4.79 Å². The molecule has 0 aliphatic rings. The van der Waals surface area contributed by atoms with E-state index in [-0.39, 0.29) is 5.91 Å². The molecule has 0 unspecified atom stereocenters. The van der Waals surface area contributed by atoms with Crippen LogP contribution in [0.25, 0.3) is 0 Å². The van der Waals surface area contributed by atoms with E-state index in [1.165, 1.54) is 0 Å². The second-order valence-corrected chi connectivity index (χ2v) is 4.81. The van der Waals surface area contributed by atoms with E-state index >= 15 is 0 Å². The Morgan fingerprint density at radius 2 is 2.11 bits per heavy atom. The molecule has 0 aliphatic carbocycles. The number of benzene rings is 1. The largest absolute Gasteiger partial charge is 0.397 e. The van der Waals surface area contributed by atoms with Crippen LogP contribution in [0.1, 0.15) is 33.6 Å². The van der Waals surface area contributed by atoms with Gasteiger partial charge >= 0.3 is 0 Å². The fourth-order valence-corrected chi connectivity index (χ4v) is 1.55. The van der Waals surface area contributed by atoms with Crippen molar-refractivity contribution in [2.75, 3.05) is 22.9 Å². The van der Waals surface area contributed by atoms with Gasteiger partial charge in [-0.15, -0.1) is 0 Å². The summed E-state index contributed by atoms with van der Waals surface area (Å²) in [6.45, 7) is 7.10. The molecule has 4 nitrogen and oxygen atoms in total. The highest BCUT2D eigenvalue weighted by Gasteiger charge is 2.03. The van der Waals surface area contributed by atoms with E-state index in [2.05, 4.69) is 24.5 Å². The fraction of sp³-hybridized carbons (Fsp3) is 0.500. The van der Waals surface area contributed by atoms with Gasteiger partial charge in [0.15, 0.2) is 0 Å². The second kappa shape index (κ2) is 6.89. The maximum atomic E-state index is 11.3. The quantitative estimate of drug-likeness (QED) is 0.679. The monoisotopic (exact) mass is 249 g/mol. The first-order valence-corrected chi connectivity index (χ1v) is 6.46. The summed E-state index contributed by atoms with van der Waals surface area (Å²) in [5, 5.41) is 6.09. The number of hydrogen-bond acceptors (Lipinski definition) is 3. The molecule has 0 atom stereocenters. The van der Waals surface area contributed by atoms with Gasteiger partial charge in [-0.1, -0.05) is 20.8 Å². The SMILES string of the molecule is CCC(=O)Nc1ccc(NCCC(C)C)c(N)c1. The summed E-state index contributed by atoms with van der Waals surface area (Å²) in [6, 6.07) is 5.55. The summed E-state index contributed by atoms with van der Waals surface area (Å²) in [5.74, 6) is 0.664. The first-order chi connectivity index (χ1) is 8.52. The van der Waals surface area contributed by atoms with Crippen LogP contribution in [0.15, 0.2) is 18.2 Å². The van der Waals surface area contributed by atoms with Gasteiger partial charge in [-0.05, 0) is 30.5 Å². The molecule has 1 aromatic rings. The minimum Gasteiger partial charge on any atom is -0.397 e. The van der Waals surface area contributed by atoms with Gasteiger partial charge < -0.3 is 16.4 Å². The molecule has 0 fully saturated rings. The highest BCUT2D eigenvalue weighted by atomic mass is 16.1. The number of hydrogen-bond donors (Lipinski definition) is 3. The van der Waals surface area contributed by atoms with Crippen LogP contribution >= 0.6 is 0 Å². The number of carbonyl (C=O) groups is 1. The molecule has 0 spiro atoms. The van der Waals surface area contributed by atoms with Crippen molar-refractivity contribution in [1.29, 1.82) is 0 Å². The van der Waals surface area contributed by atoms with Crippen molar-refractivity contribution < 1.29 is 4.79 Å². The van der Waals surface area contributed by atoms with Crippen LogP contribution in [0.5, 0.6) is 0 Å². The molecule has 0 aromatic heterocycles. The van der Waals surface area contributed by atoms with Crippen molar-refractivity contribution in [3.63, 3.8) is 0 Å². The third-order valence-electron chi connectivity index (χ3n) is 2.69. The molecule has 1 amide bonds. The normalized spacial score (nSPS) is 10.4. The molecule has 0 radical (unpaired) electrons. The maximum Gasteiger partial charge on any atom is 0.224 e.